The molecule has 16 heavy (non-hydrogen) atoms. The number of halogens is 2. The summed E-state index contributed by atoms with van der Waals surface area (Å²) in [6.07, 6.45) is 1.43. The van der Waals surface area contributed by atoms with Crippen LogP contribution in [-0.4, -0.2) is 16.1 Å². The monoisotopic (exact) mass is 229 g/mol. The Kier molecular flexibility index (Phi) is 3.57. The zero-order valence-corrected chi connectivity index (χ0v) is 9.08. The van der Waals surface area contributed by atoms with Gasteiger partial charge in [0, 0.05) is 30.8 Å². The molecule has 0 spiro atoms. The van der Waals surface area contributed by atoms with Crippen LogP contribution in [-0.2, 0) is 17.1 Å². The lowest BCUT2D eigenvalue weighted by molar-refractivity contribution is -0.141. The van der Waals surface area contributed by atoms with Gasteiger partial charge in [-0.1, -0.05) is 6.92 Å². The van der Waals surface area contributed by atoms with E-state index in [1.807, 2.05) is 0 Å². The normalized spacial score (nSPS) is 13.5. The minimum Gasteiger partial charge on any atom is -0.481 e. The topological polar surface area (TPSA) is 50.2 Å². The Hall–Kier alpha value is -1.52. The van der Waals surface area contributed by atoms with Crippen LogP contribution in [0.5, 0.6) is 0 Å². The average molecular weight is 229 g/mol. The Balaban J connectivity index is 2.87. The van der Waals surface area contributed by atoms with Crippen LogP contribution in [0.1, 0.15) is 25.1 Å². The van der Waals surface area contributed by atoms with E-state index in [2.05, 4.69) is 4.98 Å². The summed E-state index contributed by atoms with van der Waals surface area (Å²) in [5.74, 6) is -4.52. The van der Waals surface area contributed by atoms with E-state index >= 15 is 0 Å². The molecule has 0 amide bonds. The number of nitrogens with zero attached hydrogens (tertiary/aromatic N) is 1. The maximum absolute atomic E-state index is 13.0. The zero-order valence-electron chi connectivity index (χ0n) is 9.08. The van der Waals surface area contributed by atoms with Crippen molar-refractivity contribution in [3.8, 4) is 0 Å². The first-order valence-corrected chi connectivity index (χ1v) is 4.86. The highest BCUT2D eigenvalue weighted by Gasteiger charge is 2.25. The summed E-state index contributed by atoms with van der Waals surface area (Å²) in [5, 5.41) is 8.70. The highest BCUT2D eigenvalue weighted by molar-refractivity contribution is 5.69. The van der Waals surface area contributed by atoms with Gasteiger partial charge >= 0.3 is 5.97 Å². The summed E-state index contributed by atoms with van der Waals surface area (Å²) in [7, 11) is 0. The van der Waals surface area contributed by atoms with E-state index in [0.717, 1.165) is 6.92 Å². The van der Waals surface area contributed by atoms with E-state index in [-0.39, 0.29) is 12.0 Å². The molecular weight excluding hydrogens is 216 g/mol. The van der Waals surface area contributed by atoms with Gasteiger partial charge in [-0.2, -0.15) is 0 Å². The van der Waals surface area contributed by atoms with Gasteiger partial charge in [0.1, 0.15) is 0 Å². The summed E-state index contributed by atoms with van der Waals surface area (Å²) in [6.45, 7) is 2.31. The van der Waals surface area contributed by atoms with E-state index in [0.29, 0.717) is 5.69 Å². The SMILES string of the molecule is CC(Cc1cc(C(C)(F)F)ccn1)C(=O)O. The molecule has 88 valence electrons. The van der Waals surface area contributed by atoms with Crippen LogP contribution in [0.3, 0.4) is 0 Å². The number of carboxylic acids is 1. The first-order chi connectivity index (χ1) is 7.30. The molecule has 1 aromatic rings. The first-order valence-electron chi connectivity index (χ1n) is 4.86. The molecule has 0 aliphatic heterocycles. The largest absolute Gasteiger partial charge is 0.481 e. The third kappa shape index (κ3) is 3.25. The Morgan fingerprint density at radius 3 is 2.75 bits per heavy atom. The number of hydrogen-bond donors (Lipinski definition) is 1. The molecule has 1 rings (SSSR count). The first kappa shape index (κ1) is 12.5. The molecule has 0 fully saturated rings. The fourth-order valence-corrected chi connectivity index (χ4v) is 1.26. The van der Waals surface area contributed by atoms with E-state index in [9.17, 15) is 13.6 Å². The Labute approximate surface area is 92.1 Å². The van der Waals surface area contributed by atoms with Gasteiger partial charge in [0.05, 0.1) is 5.92 Å². The number of carbonyl (C=O) groups is 1. The van der Waals surface area contributed by atoms with Crippen LogP contribution in [0.15, 0.2) is 18.3 Å². The lowest BCUT2D eigenvalue weighted by atomic mass is 10.0. The molecule has 1 atom stereocenters. The van der Waals surface area contributed by atoms with Gasteiger partial charge in [0.2, 0.25) is 0 Å². The minimum atomic E-state index is -2.93. The fraction of sp³-hybridized carbons (Fsp3) is 0.455. The lowest BCUT2D eigenvalue weighted by Crippen LogP contribution is -2.14. The number of aromatic nitrogens is 1. The second-order valence-electron chi connectivity index (χ2n) is 3.87. The number of rotatable bonds is 4. The van der Waals surface area contributed by atoms with Gasteiger partial charge in [-0.3, -0.25) is 9.78 Å². The third-order valence-corrected chi connectivity index (χ3v) is 2.26. The third-order valence-electron chi connectivity index (χ3n) is 2.26. The second kappa shape index (κ2) is 4.55. The van der Waals surface area contributed by atoms with Crippen molar-refractivity contribution in [1.29, 1.82) is 0 Å². The van der Waals surface area contributed by atoms with E-state index in [1.54, 1.807) is 0 Å². The molecule has 0 bridgehead atoms. The molecule has 1 N–H and O–H groups in total. The standard InChI is InChI=1S/C11H13F2NO2/c1-7(10(15)16)5-9-6-8(3-4-14-9)11(2,12)13/h3-4,6-7H,5H2,1-2H3,(H,15,16). The molecule has 0 aliphatic carbocycles. The molecule has 3 nitrogen and oxygen atoms in total. The van der Waals surface area contributed by atoms with Crippen LogP contribution in [0.4, 0.5) is 8.78 Å². The van der Waals surface area contributed by atoms with Crippen molar-refractivity contribution < 1.29 is 18.7 Å². The summed E-state index contributed by atoms with van der Waals surface area (Å²) < 4.78 is 26.0. The van der Waals surface area contributed by atoms with Crippen LogP contribution in [0.2, 0.25) is 0 Å². The molecule has 0 radical (unpaired) electrons. The van der Waals surface area contributed by atoms with Crippen molar-refractivity contribution in [3.63, 3.8) is 0 Å². The van der Waals surface area contributed by atoms with Gasteiger partial charge in [-0.25, -0.2) is 8.78 Å². The van der Waals surface area contributed by atoms with Crippen molar-refractivity contribution in [1.82, 2.24) is 4.98 Å². The van der Waals surface area contributed by atoms with Gasteiger partial charge in [0.15, 0.2) is 0 Å². The summed E-state index contributed by atoms with van der Waals surface area (Å²) in [4.78, 5) is 14.5. The predicted octanol–water partition coefficient (Wildman–Crippen LogP) is 2.46. The summed E-state index contributed by atoms with van der Waals surface area (Å²) in [6, 6.07) is 2.48. The van der Waals surface area contributed by atoms with Gasteiger partial charge in [-0.05, 0) is 12.1 Å². The quantitative estimate of drug-likeness (QED) is 0.862. The van der Waals surface area contributed by atoms with Crippen molar-refractivity contribution in [2.75, 3.05) is 0 Å². The van der Waals surface area contributed by atoms with Gasteiger partial charge in [-0.15, -0.1) is 0 Å². The fourth-order valence-electron chi connectivity index (χ4n) is 1.26. The molecule has 0 saturated heterocycles. The molecule has 0 aromatic carbocycles. The molecule has 0 saturated carbocycles. The van der Waals surface area contributed by atoms with Crippen molar-refractivity contribution in [3.05, 3.63) is 29.6 Å². The molecule has 1 unspecified atom stereocenters. The van der Waals surface area contributed by atoms with Crippen LogP contribution < -0.4 is 0 Å². The summed E-state index contributed by atoms with van der Waals surface area (Å²) >= 11 is 0. The van der Waals surface area contributed by atoms with Gasteiger partial charge in [0.25, 0.3) is 5.92 Å². The Morgan fingerprint density at radius 2 is 2.25 bits per heavy atom. The molecule has 0 aliphatic rings. The van der Waals surface area contributed by atoms with Crippen molar-refractivity contribution in [2.24, 2.45) is 5.92 Å². The zero-order chi connectivity index (χ0) is 12.3. The van der Waals surface area contributed by atoms with Crippen molar-refractivity contribution in [2.45, 2.75) is 26.2 Å². The van der Waals surface area contributed by atoms with Crippen molar-refractivity contribution >= 4 is 5.97 Å². The number of aliphatic carboxylic acids is 1. The lowest BCUT2D eigenvalue weighted by Gasteiger charge is -2.12. The predicted molar refractivity (Wildman–Crippen MR) is 54.3 cm³/mol. The highest BCUT2D eigenvalue weighted by atomic mass is 19.3. The number of alkyl halides is 2. The maximum atomic E-state index is 13.0. The number of hydrogen-bond acceptors (Lipinski definition) is 2. The summed E-state index contributed by atoms with van der Waals surface area (Å²) in [5.41, 5.74) is 0.226. The van der Waals surface area contributed by atoms with Gasteiger partial charge < -0.3 is 5.11 Å². The second-order valence-corrected chi connectivity index (χ2v) is 3.87. The maximum Gasteiger partial charge on any atom is 0.306 e. The molecule has 1 heterocycles. The molecule has 1 aromatic heterocycles. The smallest absolute Gasteiger partial charge is 0.306 e. The Morgan fingerprint density at radius 1 is 1.62 bits per heavy atom. The van der Waals surface area contributed by atoms with Crippen LogP contribution in [0, 0.1) is 5.92 Å². The minimum absolute atomic E-state index is 0.143. The average Bonchev–Trinajstić information content (AvgIpc) is 2.16. The number of carboxylic acid groups (broad SMARTS) is 1. The van der Waals surface area contributed by atoms with Crippen LogP contribution in [0.25, 0.3) is 0 Å². The Bertz CT molecular complexity index is 388. The van der Waals surface area contributed by atoms with E-state index in [4.69, 9.17) is 5.11 Å². The van der Waals surface area contributed by atoms with Crippen LogP contribution >= 0.6 is 0 Å². The molecular formula is C11H13F2NO2. The molecule has 5 heteroatoms. The number of pyridine rings is 1. The van der Waals surface area contributed by atoms with E-state index < -0.39 is 17.8 Å². The van der Waals surface area contributed by atoms with E-state index in [1.165, 1.54) is 25.3 Å². The highest BCUT2D eigenvalue weighted by Crippen LogP contribution is 2.27.